The molecule has 1 aliphatic carbocycles. The number of hydrogen-bond acceptors (Lipinski definition) is 3. The molecule has 0 aromatic heterocycles. The van der Waals surface area contributed by atoms with Gasteiger partial charge >= 0.3 is 6.09 Å². The van der Waals surface area contributed by atoms with Crippen LogP contribution in [0, 0.1) is 11.2 Å². The highest BCUT2D eigenvalue weighted by atomic mass is 35.5. The Bertz CT molecular complexity index is 866. The number of halogens is 2. The van der Waals surface area contributed by atoms with Crippen molar-refractivity contribution in [2.75, 3.05) is 6.61 Å². The van der Waals surface area contributed by atoms with Crippen LogP contribution in [-0.2, 0) is 11.2 Å². The summed E-state index contributed by atoms with van der Waals surface area (Å²) >= 11 is 6.34. The van der Waals surface area contributed by atoms with E-state index in [9.17, 15) is 9.18 Å². The third kappa shape index (κ3) is 3.36. The van der Waals surface area contributed by atoms with Gasteiger partial charge in [0.25, 0.3) is 0 Å². The average molecular weight is 378 g/mol. The average Bonchev–Trinajstić information content (AvgIpc) is 2.77. The predicted octanol–water partition coefficient (Wildman–Crippen LogP) is 5.26. The first kappa shape index (κ1) is 18.5. The van der Waals surface area contributed by atoms with Crippen molar-refractivity contribution in [3.8, 4) is 16.9 Å². The summed E-state index contributed by atoms with van der Waals surface area (Å²) in [6.07, 6.45) is -0.799. The Morgan fingerprint density at radius 3 is 2.65 bits per heavy atom. The molecule has 2 aromatic rings. The first-order valence-corrected chi connectivity index (χ1v) is 8.82. The van der Waals surface area contributed by atoms with Crippen molar-refractivity contribution in [1.29, 1.82) is 0 Å². The van der Waals surface area contributed by atoms with Crippen LogP contribution in [0.25, 0.3) is 11.1 Å². The van der Waals surface area contributed by atoms with E-state index in [4.69, 9.17) is 26.8 Å². The smallest absolute Gasteiger partial charge is 0.405 e. The standard InChI is InChI=1S/C20H21ClFNO3/c1-4-25-12-5-6-13(16(21)8-12)15-7-11-10-20(2,3)18(26-19(23)24)14(11)9-17(15)22/h5-9,18H,4,10H2,1-3H3,(H2,23,24)/t18-/m0/s1. The number of benzene rings is 2. The van der Waals surface area contributed by atoms with Crippen LogP contribution in [-0.4, -0.2) is 12.7 Å². The summed E-state index contributed by atoms with van der Waals surface area (Å²) in [6, 6.07) is 8.38. The van der Waals surface area contributed by atoms with Crippen molar-refractivity contribution < 1.29 is 18.7 Å². The third-order valence-electron chi connectivity index (χ3n) is 4.64. The Morgan fingerprint density at radius 2 is 2.04 bits per heavy atom. The van der Waals surface area contributed by atoms with Gasteiger partial charge in [0, 0.05) is 16.5 Å². The van der Waals surface area contributed by atoms with Crippen LogP contribution >= 0.6 is 11.6 Å². The molecule has 0 heterocycles. The molecule has 2 N–H and O–H groups in total. The maximum absolute atomic E-state index is 14.9. The van der Waals surface area contributed by atoms with Crippen molar-refractivity contribution in [2.24, 2.45) is 11.1 Å². The van der Waals surface area contributed by atoms with E-state index < -0.39 is 18.0 Å². The van der Waals surface area contributed by atoms with Crippen LogP contribution < -0.4 is 10.5 Å². The summed E-state index contributed by atoms with van der Waals surface area (Å²) in [7, 11) is 0. The minimum Gasteiger partial charge on any atom is -0.494 e. The molecule has 1 amide bonds. The molecule has 4 nitrogen and oxygen atoms in total. The molecule has 3 rings (SSSR count). The molecule has 0 aliphatic heterocycles. The molecule has 1 aliphatic rings. The molecule has 0 fully saturated rings. The topological polar surface area (TPSA) is 61.6 Å². The number of hydrogen-bond donors (Lipinski definition) is 1. The highest BCUT2D eigenvalue weighted by molar-refractivity contribution is 6.33. The summed E-state index contributed by atoms with van der Waals surface area (Å²) in [4.78, 5) is 11.2. The molecule has 6 heteroatoms. The summed E-state index contributed by atoms with van der Waals surface area (Å²) in [6.45, 7) is 6.33. The summed E-state index contributed by atoms with van der Waals surface area (Å²) in [5.41, 5.74) is 7.38. The highest BCUT2D eigenvalue weighted by Gasteiger charge is 2.42. The first-order chi connectivity index (χ1) is 12.2. The highest BCUT2D eigenvalue weighted by Crippen LogP contribution is 2.49. The van der Waals surface area contributed by atoms with E-state index in [1.165, 1.54) is 6.07 Å². The normalized spacial score (nSPS) is 17.7. The molecule has 2 aromatic carbocycles. The van der Waals surface area contributed by atoms with Gasteiger partial charge in [-0.15, -0.1) is 0 Å². The minimum absolute atomic E-state index is 0.370. The second-order valence-corrected chi connectivity index (χ2v) is 7.50. The molecule has 0 bridgehead atoms. The van der Waals surface area contributed by atoms with Gasteiger partial charge in [0.05, 0.1) is 11.6 Å². The van der Waals surface area contributed by atoms with Gasteiger partial charge in [-0.05, 0) is 54.8 Å². The van der Waals surface area contributed by atoms with Gasteiger partial charge in [0.1, 0.15) is 17.7 Å². The SMILES string of the molecule is CCOc1ccc(-c2cc3c(cc2F)[C@H](OC(N)=O)C(C)(C)C3)c(Cl)c1. The van der Waals surface area contributed by atoms with Crippen molar-refractivity contribution in [2.45, 2.75) is 33.3 Å². The fourth-order valence-electron chi connectivity index (χ4n) is 3.55. The lowest BCUT2D eigenvalue weighted by molar-refractivity contribution is 0.0391. The Balaban J connectivity index is 2.04. The summed E-state index contributed by atoms with van der Waals surface area (Å²) < 4.78 is 25.5. The van der Waals surface area contributed by atoms with E-state index in [0.29, 0.717) is 40.5 Å². The molecule has 1 atom stereocenters. The van der Waals surface area contributed by atoms with Crippen molar-refractivity contribution in [3.05, 3.63) is 52.3 Å². The number of amides is 1. The molecule has 0 spiro atoms. The lowest BCUT2D eigenvalue weighted by Gasteiger charge is -2.26. The van der Waals surface area contributed by atoms with Gasteiger partial charge in [-0.3, -0.25) is 0 Å². The fraction of sp³-hybridized carbons (Fsp3) is 0.350. The van der Waals surface area contributed by atoms with Crippen LogP contribution in [0.1, 0.15) is 38.0 Å². The van der Waals surface area contributed by atoms with Gasteiger partial charge < -0.3 is 15.2 Å². The molecule has 138 valence electrons. The van der Waals surface area contributed by atoms with Crippen molar-refractivity contribution in [3.63, 3.8) is 0 Å². The second kappa shape index (κ2) is 6.80. The van der Waals surface area contributed by atoms with E-state index in [-0.39, 0.29) is 5.41 Å². The van der Waals surface area contributed by atoms with E-state index in [2.05, 4.69) is 0 Å². The zero-order chi connectivity index (χ0) is 19.1. The van der Waals surface area contributed by atoms with Crippen LogP contribution in [0.4, 0.5) is 9.18 Å². The number of carbonyl (C=O) groups is 1. The lowest BCUT2D eigenvalue weighted by Crippen LogP contribution is -2.25. The number of primary amides is 1. The summed E-state index contributed by atoms with van der Waals surface area (Å²) in [5.74, 6) is 0.212. The van der Waals surface area contributed by atoms with Gasteiger partial charge in [0.15, 0.2) is 0 Å². The zero-order valence-corrected chi connectivity index (χ0v) is 15.7. The Labute approximate surface area is 157 Å². The van der Waals surface area contributed by atoms with Crippen LogP contribution in [0.15, 0.2) is 30.3 Å². The molecule has 0 saturated carbocycles. The Hall–Kier alpha value is -2.27. The quantitative estimate of drug-likeness (QED) is 0.790. The second-order valence-electron chi connectivity index (χ2n) is 7.09. The van der Waals surface area contributed by atoms with E-state index in [1.807, 2.05) is 20.8 Å². The number of carbonyl (C=O) groups excluding carboxylic acids is 1. The fourth-order valence-corrected chi connectivity index (χ4v) is 3.82. The van der Waals surface area contributed by atoms with Crippen LogP contribution in [0.5, 0.6) is 5.75 Å². The van der Waals surface area contributed by atoms with Gasteiger partial charge in [0.2, 0.25) is 0 Å². The van der Waals surface area contributed by atoms with Gasteiger partial charge in [-0.1, -0.05) is 25.4 Å². The summed E-state index contributed by atoms with van der Waals surface area (Å²) in [5, 5.41) is 0.414. The Kier molecular flexibility index (Phi) is 4.84. The third-order valence-corrected chi connectivity index (χ3v) is 4.96. The van der Waals surface area contributed by atoms with Gasteiger partial charge in [-0.2, -0.15) is 0 Å². The largest absolute Gasteiger partial charge is 0.494 e. The predicted molar refractivity (Wildman–Crippen MR) is 98.9 cm³/mol. The minimum atomic E-state index is -0.866. The monoisotopic (exact) mass is 377 g/mol. The number of fused-ring (bicyclic) bond motifs is 1. The molecule has 0 radical (unpaired) electrons. The molecule has 0 unspecified atom stereocenters. The van der Waals surface area contributed by atoms with Crippen LogP contribution in [0.3, 0.4) is 0 Å². The van der Waals surface area contributed by atoms with E-state index in [0.717, 1.165) is 5.56 Å². The van der Waals surface area contributed by atoms with E-state index in [1.54, 1.807) is 24.3 Å². The van der Waals surface area contributed by atoms with Gasteiger partial charge in [-0.25, -0.2) is 9.18 Å². The maximum atomic E-state index is 14.9. The van der Waals surface area contributed by atoms with Crippen molar-refractivity contribution in [1.82, 2.24) is 0 Å². The first-order valence-electron chi connectivity index (χ1n) is 8.44. The molecular formula is C20H21ClFNO3. The number of rotatable bonds is 4. The molecule has 0 saturated heterocycles. The van der Waals surface area contributed by atoms with Crippen molar-refractivity contribution >= 4 is 17.7 Å². The van der Waals surface area contributed by atoms with E-state index >= 15 is 0 Å². The molecular weight excluding hydrogens is 357 g/mol. The number of nitrogens with two attached hydrogens (primary N) is 1. The molecule has 26 heavy (non-hydrogen) atoms. The zero-order valence-electron chi connectivity index (χ0n) is 14.9. The lowest BCUT2D eigenvalue weighted by atomic mass is 9.87. The van der Waals surface area contributed by atoms with Crippen LogP contribution in [0.2, 0.25) is 5.02 Å². The Morgan fingerprint density at radius 1 is 1.31 bits per heavy atom. The maximum Gasteiger partial charge on any atom is 0.405 e. The number of ether oxygens (including phenoxy) is 2.